The molecule has 1 heterocycles. The lowest BCUT2D eigenvalue weighted by Crippen LogP contribution is -1.99. The van der Waals surface area contributed by atoms with E-state index in [4.69, 9.17) is 16.0 Å². The van der Waals surface area contributed by atoms with E-state index in [-0.39, 0.29) is 23.2 Å². The van der Waals surface area contributed by atoms with Gasteiger partial charge in [-0.2, -0.15) is 0 Å². The Morgan fingerprint density at radius 2 is 2.00 bits per heavy atom. The number of halogens is 2. The van der Waals surface area contributed by atoms with Crippen molar-refractivity contribution in [2.24, 2.45) is 0 Å². The quantitative estimate of drug-likeness (QED) is 0.764. The van der Waals surface area contributed by atoms with Gasteiger partial charge in [0.2, 0.25) is 5.89 Å². The van der Waals surface area contributed by atoms with Crippen LogP contribution in [-0.2, 0) is 6.54 Å². The van der Waals surface area contributed by atoms with E-state index in [1.54, 1.807) is 24.3 Å². The van der Waals surface area contributed by atoms with E-state index in [0.29, 0.717) is 17.1 Å². The van der Waals surface area contributed by atoms with Crippen molar-refractivity contribution in [2.45, 2.75) is 6.54 Å². The molecule has 0 aliphatic rings. The van der Waals surface area contributed by atoms with Gasteiger partial charge in [0.05, 0.1) is 17.1 Å². The van der Waals surface area contributed by atoms with Crippen LogP contribution in [0, 0.1) is 5.82 Å². The Morgan fingerprint density at radius 3 is 2.77 bits per heavy atom. The molecule has 0 unspecified atom stereocenters. The molecule has 0 spiro atoms. The maximum Gasteiger partial charge on any atom is 0.251 e. The molecule has 22 heavy (non-hydrogen) atoms. The van der Waals surface area contributed by atoms with E-state index in [9.17, 15) is 9.50 Å². The van der Waals surface area contributed by atoms with Gasteiger partial charge in [-0.05, 0) is 30.3 Å². The lowest BCUT2D eigenvalue weighted by atomic mass is 10.2. The lowest BCUT2D eigenvalue weighted by Gasteiger charge is -2.04. The molecule has 112 valence electrons. The molecule has 0 radical (unpaired) electrons. The van der Waals surface area contributed by atoms with Gasteiger partial charge in [0.25, 0.3) is 5.89 Å². The second kappa shape index (κ2) is 6.03. The summed E-state index contributed by atoms with van der Waals surface area (Å²) in [5, 5.41) is 20.6. The largest absolute Gasteiger partial charge is 0.507 e. The number of nitrogens with zero attached hydrogens (tertiary/aromatic N) is 2. The molecule has 1 aromatic heterocycles. The van der Waals surface area contributed by atoms with Gasteiger partial charge in [-0.1, -0.05) is 23.7 Å². The summed E-state index contributed by atoms with van der Waals surface area (Å²) in [6.45, 7) is 0.253. The lowest BCUT2D eigenvalue weighted by molar-refractivity contribution is 0.469. The third-order valence-corrected chi connectivity index (χ3v) is 3.25. The normalized spacial score (nSPS) is 10.6. The minimum atomic E-state index is -0.480. The third kappa shape index (κ3) is 3.01. The summed E-state index contributed by atoms with van der Waals surface area (Å²) >= 11 is 5.70. The smallest absolute Gasteiger partial charge is 0.251 e. The van der Waals surface area contributed by atoms with Gasteiger partial charge in [-0.3, -0.25) is 0 Å². The van der Waals surface area contributed by atoms with Gasteiger partial charge in [0.1, 0.15) is 11.6 Å². The first-order chi connectivity index (χ1) is 10.6. The van der Waals surface area contributed by atoms with E-state index in [1.165, 1.54) is 18.2 Å². The monoisotopic (exact) mass is 319 g/mol. The molecular weight excluding hydrogens is 309 g/mol. The van der Waals surface area contributed by atoms with Crippen LogP contribution in [0.4, 0.5) is 10.1 Å². The fourth-order valence-electron chi connectivity index (χ4n) is 1.87. The van der Waals surface area contributed by atoms with Crippen LogP contribution < -0.4 is 5.32 Å². The Morgan fingerprint density at radius 1 is 1.18 bits per heavy atom. The van der Waals surface area contributed by atoms with Crippen molar-refractivity contribution in [1.29, 1.82) is 0 Å². The van der Waals surface area contributed by atoms with Gasteiger partial charge >= 0.3 is 0 Å². The number of phenols is 1. The molecule has 0 saturated heterocycles. The predicted molar refractivity (Wildman–Crippen MR) is 80.1 cm³/mol. The van der Waals surface area contributed by atoms with E-state index in [2.05, 4.69) is 15.5 Å². The zero-order valence-corrected chi connectivity index (χ0v) is 12.0. The Hall–Kier alpha value is -2.60. The first-order valence-corrected chi connectivity index (χ1v) is 6.81. The number of anilines is 1. The van der Waals surface area contributed by atoms with E-state index < -0.39 is 5.82 Å². The van der Waals surface area contributed by atoms with Crippen LogP contribution in [0.15, 0.2) is 46.9 Å². The number of hydrogen-bond acceptors (Lipinski definition) is 5. The van der Waals surface area contributed by atoms with Crippen molar-refractivity contribution in [3.8, 4) is 17.2 Å². The number of para-hydroxylation sites is 1. The minimum Gasteiger partial charge on any atom is -0.507 e. The summed E-state index contributed by atoms with van der Waals surface area (Å²) in [7, 11) is 0. The Labute approximate surface area is 130 Å². The standard InChI is InChI=1S/C15H11ClFN3O2/c16-11-7-9(5-6-12(11)17)18-8-14-19-20-15(22-14)10-3-1-2-4-13(10)21/h1-7,18,21H,8H2. The van der Waals surface area contributed by atoms with Crippen LogP contribution in [-0.4, -0.2) is 15.3 Å². The van der Waals surface area contributed by atoms with Crippen molar-refractivity contribution >= 4 is 17.3 Å². The summed E-state index contributed by atoms with van der Waals surface area (Å²) in [6.07, 6.45) is 0. The summed E-state index contributed by atoms with van der Waals surface area (Å²) in [5.41, 5.74) is 1.10. The van der Waals surface area contributed by atoms with Gasteiger partial charge < -0.3 is 14.8 Å². The van der Waals surface area contributed by atoms with Crippen LogP contribution in [0.5, 0.6) is 5.75 Å². The maximum atomic E-state index is 13.1. The van der Waals surface area contributed by atoms with E-state index in [1.807, 2.05) is 0 Å². The highest BCUT2D eigenvalue weighted by molar-refractivity contribution is 6.31. The number of benzene rings is 2. The molecule has 0 bridgehead atoms. The number of aromatic nitrogens is 2. The van der Waals surface area contributed by atoms with Crippen LogP contribution in [0.3, 0.4) is 0 Å². The molecule has 0 aliphatic heterocycles. The SMILES string of the molecule is Oc1ccccc1-c1nnc(CNc2ccc(F)c(Cl)c2)o1. The van der Waals surface area contributed by atoms with Crippen LogP contribution >= 0.6 is 11.6 Å². The Kier molecular flexibility index (Phi) is 3.93. The molecule has 0 atom stereocenters. The molecule has 0 aliphatic carbocycles. The van der Waals surface area contributed by atoms with Gasteiger partial charge in [0, 0.05) is 5.69 Å². The molecule has 7 heteroatoms. The zero-order valence-electron chi connectivity index (χ0n) is 11.3. The summed E-state index contributed by atoms with van der Waals surface area (Å²) in [5.74, 6) is 0.147. The molecule has 3 rings (SSSR count). The number of nitrogens with one attached hydrogen (secondary N) is 1. The molecule has 0 fully saturated rings. The fourth-order valence-corrected chi connectivity index (χ4v) is 2.05. The highest BCUT2D eigenvalue weighted by Crippen LogP contribution is 2.27. The first kappa shape index (κ1) is 14.3. The van der Waals surface area contributed by atoms with Gasteiger partial charge in [-0.25, -0.2) is 4.39 Å². The van der Waals surface area contributed by atoms with Crippen molar-refractivity contribution in [1.82, 2.24) is 10.2 Å². The molecule has 2 N–H and O–H groups in total. The van der Waals surface area contributed by atoms with Crippen molar-refractivity contribution in [3.63, 3.8) is 0 Å². The summed E-state index contributed by atoms with van der Waals surface area (Å²) in [6, 6.07) is 11.0. The van der Waals surface area contributed by atoms with Gasteiger partial charge in [-0.15, -0.1) is 10.2 Å². The molecule has 0 saturated carbocycles. The topological polar surface area (TPSA) is 71.2 Å². The van der Waals surface area contributed by atoms with Crippen LogP contribution in [0.1, 0.15) is 5.89 Å². The van der Waals surface area contributed by atoms with Crippen LogP contribution in [0.25, 0.3) is 11.5 Å². The number of phenolic OH excluding ortho intramolecular Hbond substituents is 1. The predicted octanol–water partition coefficient (Wildman–Crippen LogP) is 3.85. The maximum absolute atomic E-state index is 13.1. The number of hydrogen-bond donors (Lipinski definition) is 2. The summed E-state index contributed by atoms with van der Waals surface area (Å²) in [4.78, 5) is 0. The van der Waals surface area contributed by atoms with E-state index in [0.717, 1.165) is 0 Å². The Balaban J connectivity index is 1.72. The second-order valence-electron chi connectivity index (χ2n) is 4.50. The van der Waals surface area contributed by atoms with Crippen molar-refractivity contribution < 1.29 is 13.9 Å². The van der Waals surface area contributed by atoms with Crippen LogP contribution in [0.2, 0.25) is 5.02 Å². The van der Waals surface area contributed by atoms with Crippen molar-refractivity contribution in [2.75, 3.05) is 5.32 Å². The highest BCUT2D eigenvalue weighted by atomic mass is 35.5. The zero-order chi connectivity index (χ0) is 15.5. The number of rotatable bonds is 4. The molecule has 5 nitrogen and oxygen atoms in total. The average molecular weight is 320 g/mol. The fraction of sp³-hybridized carbons (Fsp3) is 0.0667. The molecule has 2 aromatic carbocycles. The highest BCUT2D eigenvalue weighted by Gasteiger charge is 2.12. The minimum absolute atomic E-state index is 0.0328. The molecular formula is C15H11ClFN3O2. The third-order valence-electron chi connectivity index (χ3n) is 2.96. The first-order valence-electron chi connectivity index (χ1n) is 6.43. The van der Waals surface area contributed by atoms with Gasteiger partial charge in [0.15, 0.2) is 0 Å². The molecule has 0 amide bonds. The van der Waals surface area contributed by atoms with Crippen molar-refractivity contribution in [3.05, 3.63) is 59.2 Å². The summed E-state index contributed by atoms with van der Waals surface area (Å²) < 4.78 is 18.5. The van der Waals surface area contributed by atoms with E-state index >= 15 is 0 Å². The molecule has 3 aromatic rings. The number of aromatic hydroxyl groups is 1. The second-order valence-corrected chi connectivity index (χ2v) is 4.91. The average Bonchev–Trinajstić information content (AvgIpc) is 2.98. The Bertz CT molecular complexity index is 807.